The second-order valence-corrected chi connectivity index (χ2v) is 8.45. The highest BCUT2D eigenvalue weighted by Gasteiger charge is 2.17. The van der Waals surface area contributed by atoms with Crippen molar-refractivity contribution in [2.24, 2.45) is 0 Å². The summed E-state index contributed by atoms with van der Waals surface area (Å²) in [5.41, 5.74) is 2.03. The van der Waals surface area contributed by atoms with Gasteiger partial charge in [0.2, 0.25) is 0 Å². The van der Waals surface area contributed by atoms with Gasteiger partial charge in [0.05, 0.1) is 19.4 Å². The molecule has 1 N–H and O–H groups in total. The van der Waals surface area contributed by atoms with Crippen molar-refractivity contribution in [3.8, 4) is 23.6 Å². The third kappa shape index (κ3) is 7.46. The average molecular weight is 510 g/mol. The molecule has 0 atom stereocenters. The Morgan fingerprint density at radius 3 is 2.26 bits per heavy atom. The summed E-state index contributed by atoms with van der Waals surface area (Å²) in [4.78, 5) is 25.2. The highest BCUT2D eigenvalue weighted by Crippen LogP contribution is 2.30. The number of nitriles is 2. The highest BCUT2D eigenvalue weighted by atomic mass is 16.6. The molecule has 0 saturated heterocycles. The highest BCUT2D eigenvalue weighted by molar-refractivity contribution is 6.02. The van der Waals surface area contributed by atoms with Crippen LogP contribution in [0, 0.1) is 22.7 Å². The van der Waals surface area contributed by atoms with Crippen molar-refractivity contribution >= 4 is 24.0 Å². The van der Waals surface area contributed by atoms with Crippen LogP contribution < -0.4 is 14.8 Å². The molecule has 3 rings (SSSR count). The summed E-state index contributed by atoms with van der Waals surface area (Å²) in [6.07, 6.45) is 4.35. The Morgan fingerprint density at radius 1 is 0.974 bits per heavy atom. The summed E-state index contributed by atoms with van der Waals surface area (Å²) in [5.74, 6) is -0.155. The smallest absolute Gasteiger partial charge is 0.354 e. The van der Waals surface area contributed by atoms with Crippen molar-refractivity contribution in [1.82, 2.24) is 5.32 Å². The van der Waals surface area contributed by atoms with Gasteiger partial charge in [0.15, 0.2) is 11.5 Å². The lowest BCUT2D eigenvalue weighted by molar-refractivity contribution is -0.129. The van der Waals surface area contributed by atoms with Crippen LogP contribution in [-0.2, 0) is 16.1 Å². The molecule has 1 amide bonds. The van der Waals surface area contributed by atoms with Crippen molar-refractivity contribution in [3.63, 3.8) is 0 Å². The van der Waals surface area contributed by atoms with E-state index in [2.05, 4.69) is 19.2 Å². The molecule has 0 radical (unpaired) electrons. The fourth-order valence-electron chi connectivity index (χ4n) is 3.39. The summed E-state index contributed by atoms with van der Waals surface area (Å²) >= 11 is 0. The fraction of sp³-hybridized carbons (Fsp3) is 0.200. The van der Waals surface area contributed by atoms with Crippen molar-refractivity contribution < 1.29 is 23.5 Å². The Hall–Kier alpha value is -5.08. The first-order valence-electron chi connectivity index (χ1n) is 12.0. The Labute approximate surface area is 221 Å². The van der Waals surface area contributed by atoms with Gasteiger partial charge >= 0.3 is 5.97 Å². The maximum Gasteiger partial charge on any atom is 0.354 e. The molecule has 0 aliphatic carbocycles. The third-order valence-corrected chi connectivity index (χ3v) is 5.40. The van der Waals surface area contributed by atoms with Crippen molar-refractivity contribution in [2.75, 3.05) is 6.61 Å². The molecule has 192 valence electrons. The molecular formula is C30H27N3O5. The van der Waals surface area contributed by atoms with Crippen LogP contribution in [0.2, 0.25) is 0 Å². The van der Waals surface area contributed by atoms with Crippen LogP contribution in [0.15, 0.2) is 76.4 Å². The summed E-state index contributed by atoms with van der Waals surface area (Å²) in [6, 6.07) is 19.3. The van der Waals surface area contributed by atoms with Gasteiger partial charge in [-0.2, -0.15) is 10.5 Å². The van der Waals surface area contributed by atoms with Crippen LogP contribution in [0.25, 0.3) is 12.2 Å². The van der Waals surface area contributed by atoms with E-state index >= 15 is 0 Å². The summed E-state index contributed by atoms with van der Waals surface area (Å²) in [6.45, 7) is 6.34. The molecule has 38 heavy (non-hydrogen) atoms. The third-order valence-electron chi connectivity index (χ3n) is 5.40. The van der Waals surface area contributed by atoms with Crippen molar-refractivity contribution in [2.45, 2.75) is 33.2 Å². The van der Waals surface area contributed by atoms with E-state index in [0.29, 0.717) is 22.8 Å². The topological polar surface area (TPSA) is 125 Å². The predicted octanol–water partition coefficient (Wildman–Crippen LogP) is 5.54. The van der Waals surface area contributed by atoms with Gasteiger partial charge in [0, 0.05) is 0 Å². The van der Waals surface area contributed by atoms with E-state index in [1.807, 2.05) is 36.4 Å². The number of nitrogens with zero attached hydrogens (tertiary/aromatic N) is 2. The quantitative estimate of drug-likeness (QED) is 0.165. The normalized spacial score (nSPS) is 11.4. The molecule has 0 fully saturated rings. The Morgan fingerprint density at radius 2 is 1.66 bits per heavy atom. The van der Waals surface area contributed by atoms with Crippen LogP contribution in [0.3, 0.4) is 0 Å². The first-order valence-corrected chi connectivity index (χ1v) is 12.0. The summed E-state index contributed by atoms with van der Waals surface area (Å²) < 4.78 is 16.3. The molecule has 2 aromatic carbocycles. The zero-order valence-electron chi connectivity index (χ0n) is 21.4. The number of hydrogen-bond donors (Lipinski definition) is 1. The van der Waals surface area contributed by atoms with Crippen molar-refractivity contribution in [1.29, 1.82) is 10.5 Å². The maximum atomic E-state index is 12.8. The number of rotatable bonds is 10. The van der Waals surface area contributed by atoms with Gasteiger partial charge in [-0.25, -0.2) is 4.79 Å². The molecule has 8 heteroatoms. The molecule has 0 bridgehead atoms. The number of furan rings is 1. The SMILES string of the molecule is CCOc1cc(/C=C(\C#N)C(=O)NCc2ccco2)ccc1OC(=O)/C(C#N)=C/c1ccc(C(C)C)cc1. The molecule has 8 nitrogen and oxygen atoms in total. The standard InChI is InChI=1S/C30H27N3O5/c1-4-36-28-16-22(15-24(17-31)29(34)33-19-26-6-5-13-37-26)9-12-27(28)38-30(35)25(18-32)14-21-7-10-23(11-8-21)20(2)3/h5-16,20H,4,19H2,1-3H3,(H,33,34)/b24-15+,25-14+. The van der Waals surface area contributed by atoms with E-state index in [9.17, 15) is 20.1 Å². The van der Waals surface area contributed by atoms with E-state index < -0.39 is 11.9 Å². The predicted molar refractivity (Wildman–Crippen MR) is 142 cm³/mol. The molecule has 0 spiro atoms. The number of nitrogens with one attached hydrogen (secondary N) is 1. The zero-order valence-corrected chi connectivity index (χ0v) is 21.4. The fourth-order valence-corrected chi connectivity index (χ4v) is 3.39. The molecule has 1 heterocycles. The lowest BCUT2D eigenvalue weighted by atomic mass is 10.0. The molecular weight excluding hydrogens is 482 g/mol. The number of carbonyl (C=O) groups is 2. The summed E-state index contributed by atoms with van der Waals surface area (Å²) in [5, 5.41) is 21.6. The van der Waals surface area contributed by atoms with Gasteiger partial charge in [0.25, 0.3) is 5.91 Å². The Kier molecular flexibility index (Phi) is 9.62. The van der Waals surface area contributed by atoms with Gasteiger partial charge in [-0.1, -0.05) is 44.2 Å². The van der Waals surface area contributed by atoms with Gasteiger partial charge < -0.3 is 19.2 Å². The number of hydrogen-bond acceptors (Lipinski definition) is 7. The second-order valence-electron chi connectivity index (χ2n) is 8.45. The van der Waals surface area contributed by atoms with Gasteiger partial charge in [-0.3, -0.25) is 4.79 Å². The van der Waals surface area contributed by atoms with E-state index in [1.54, 1.807) is 31.2 Å². The number of benzene rings is 2. The number of ether oxygens (including phenoxy) is 2. The van der Waals surface area contributed by atoms with Crippen molar-refractivity contribution in [3.05, 3.63) is 94.5 Å². The molecule has 0 aliphatic heterocycles. The second kappa shape index (κ2) is 13.3. The first-order chi connectivity index (χ1) is 18.3. The molecule has 0 saturated carbocycles. The monoisotopic (exact) mass is 509 g/mol. The Bertz CT molecular complexity index is 1420. The van der Waals surface area contributed by atoms with E-state index in [0.717, 1.165) is 5.56 Å². The van der Waals surface area contributed by atoms with Crippen LogP contribution in [-0.4, -0.2) is 18.5 Å². The molecule has 3 aromatic rings. The van der Waals surface area contributed by atoms with Gasteiger partial charge in [-0.05, 0) is 65.9 Å². The maximum absolute atomic E-state index is 12.8. The minimum atomic E-state index is -0.834. The molecule has 1 aromatic heterocycles. The minimum Gasteiger partial charge on any atom is -0.490 e. The average Bonchev–Trinajstić information content (AvgIpc) is 3.44. The minimum absolute atomic E-state index is 0.103. The molecule has 0 unspecified atom stereocenters. The lowest BCUT2D eigenvalue weighted by Crippen LogP contribution is -2.23. The van der Waals surface area contributed by atoms with Gasteiger partial charge in [-0.15, -0.1) is 0 Å². The Balaban J connectivity index is 1.78. The number of esters is 1. The summed E-state index contributed by atoms with van der Waals surface area (Å²) in [7, 11) is 0. The van der Waals surface area contributed by atoms with Crippen LogP contribution in [0.5, 0.6) is 11.5 Å². The first kappa shape index (κ1) is 27.5. The van der Waals surface area contributed by atoms with Crippen LogP contribution in [0.1, 0.15) is 49.1 Å². The number of amides is 1. The molecule has 0 aliphatic rings. The van der Waals surface area contributed by atoms with Crippen LogP contribution >= 0.6 is 0 Å². The lowest BCUT2D eigenvalue weighted by Gasteiger charge is -2.11. The van der Waals surface area contributed by atoms with E-state index in [-0.39, 0.29) is 35.8 Å². The van der Waals surface area contributed by atoms with Crippen LogP contribution in [0.4, 0.5) is 0 Å². The van der Waals surface area contributed by atoms with E-state index in [1.165, 1.54) is 24.5 Å². The largest absolute Gasteiger partial charge is 0.490 e. The van der Waals surface area contributed by atoms with Gasteiger partial charge in [0.1, 0.15) is 29.0 Å². The number of carbonyl (C=O) groups excluding carboxylic acids is 2. The zero-order chi connectivity index (χ0) is 27.5. The van der Waals surface area contributed by atoms with E-state index in [4.69, 9.17) is 13.9 Å².